The van der Waals surface area contributed by atoms with Gasteiger partial charge in [-0.2, -0.15) is 0 Å². The molecule has 104 valence electrons. The van der Waals surface area contributed by atoms with Crippen LogP contribution in [0.2, 0.25) is 0 Å². The number of carbonyl (C=O) groups is 1. The van der Waals surface area contributed by atoms with Gasteiger partial charge in [0, 0.05) is 4.47 Å². The van der Waals surface area contributed by atoms with Gasteiger partial charge in [0.05, 0.1) is 6.61 Å². The Bertz CT molecular complexity index is 430. The molecule has 0 radical (unpaired) electrons. The topological polar surface area (TPSA) is 29.5 Å². The molecule has 0 bridgehead atoms. The molecule has 0 unspecified atom stereocenters. The van der Waals surface area contributed by atoms with Crippen molar-refractivity contribution in [2.75, 3.05) is 19.7 Å². The lowest BCUT2D eigenvalue weighted by Crippen LogP contribution is -2.39. The summed E-state index contributed by atoms with van der Waals surface area (Å²) in [5, 5.41) is 0. The Kier molecular flexibility index (Phi) is 5.40. The van der Waals surface area contributed by atoms with Crippen LogP contribution in [0.3, 0.4) is 0 Å². The third kappa shape index (κ3) is 3.57. The van der Waals surface area contributed by atoms with Gasteiger partial charge in [-0.3, -0.25) is 4.90 Å². The van der Waals surface area contributed by atoms with Crippen LogP contribution in [-0.4, -0.2) is 30.6 Å². The molecule has 0 aliphatic carbocycles. The molecule has 1 aliphatic heterocycles. The van der Waals surface area contributed by atoms with Crippen molar-refractivity contribution < 1.29 is 9.53 Å². The van der Waals surface area contributed by atoms with Gasteiger partial charge in [-0.05, 0) is 44.5 Å². The number of benzene rings is 1. The number of likely N-dealkylation sites (tertiary alicyclic amines) is 1. The van der Waals surface area contributed by atoms with Gasteiger partial charge < -0.3 is 4.74 Å². The van der Waals surface area contributed by atoms with E-state index in [0.29, 0.717) is 6.61 Å². The summed E-state index contributed by atoms with van der Waals surface area (Å²) in [7, 11) is 0. The number of hydrogen-bond acceptors (Lipinski definition) is 3. The lowest BCUT2D eigenvalue weighted by atomic mass is 10.0. The highest BCUT2D eigenvalue weighted by Gasteiger charge is 2.31. The summed E-state index contributed by atoms with van der Waals surface area (Å²) < 4.78 is 6.24. The van der Waals surface area contributed by atoms with Gasteiger partial charge in [0.2, 0.25) is 0 Å². The van der Waals surface area contributed by atoms with E-state index in [9.17, 15) is 4.79 Å². The van der Waals surface area contributed by atoms with Crippen molar-refractivity contribution in [3.05, 3.63) is 34.3 Å². The summed E-state index contributed by atoms with van der Waals surface area (Å²) in [6, 6.07) is 7.63. The fourth-order valence-corrected chi connectivity index (χ4v) is 3.07. The average Bonchev–Trinajstić information content (AvgIpc) is 2.43. The molecule has 0 N–H and O–H groups in total. The van der Waals surface area contributed by atoms with E-state index in [1.807, 2.05) is 31.2 Å². The molecule has 1 atom stereocenters. The second kappa shape index (κ2) is 7.06. The van der Waals surface area contributed by atoms with Crippen molar-refractivity contribution >= 4 is 21.9 Å². The zero-order valence-corrected chi connectivity index (χ0v) is 12.9. The first-order valence-electron chi connectivity index (χ1n) is 6.89. The zero-order chi connectivity index (χ0) is 13.7. The minimum absolute atomic E-state index is 0.142. The number of carbonyl (C=O) groups excluding carboxylic acids is 1. The zero-order valence-electron chi connectivity index (χ0n) is 11.3. The first-order valence-corrected chi connectivity index (χ1v) is 7.68. The molecule has 4 heteroatoms. The van der Waals surface area contributed by atoms with Crippen LogP contribution in [0.25, 0.3) is 0 Å². The van der Waals surface area contributed by atoms with Gasteiger partial charge in [0.15, 0.2) is 0 Å². The Morgan fingerprint density at radius 1 is 1.32 bits per heavy atom. The van der Waals surface area contributed by atoms with Crippen LogP contribution in [0.15, 0.2) is 28.7 Å². The van der Waals surface area contributed by atoms with E-state index in [0.717, 1.165) is 36.0 Å². The number of halogens is 1. The van der Waals surface area contributed by atoms with Gasteiger partial charge in [-0.25, -0.2) is 4.79 Å². The molecule has 3 nitrogen and oxygen atoms in total. The fraction of sp³-hybridized carbons (Fsp3) is 0.533. The van der Waals surface area contributed by atoms with Gasteiger partial charge in [-0.1, -0.05) is 40.5 Å². The van der Waals surface area contributed by atoms with Crippen molar-refractivity contribution in [1.82, 2.24) is 4.90 Å². The monoisotopic (exact) mass is 325 g/mol. The van der Waals surface area contributed by atoms with Crippen molar-refractivity contribution in [3.63, 3.8) is 0 Å². The van der Waals surface area contributed by atoms with Crippen molar-refractivity contribution in [3.8, 4) is 0 Å². The molecular formula is C15H20BrNO2. The normalized spacial score (nSPS) is 18.0. The quantitative estimate of drug-likeness (QED) is 0.793. The molecule has 0 saturated carbocycles. The smallest absolute Gasteiger partial charge is 0.328 e. The molecule has 0 spiro atoms. The Hall–Kier alpha value is -0.870. The second-order valence-corrected chi connectivity index (χ2v) is 5.63. The molecule has 0 amide bonds. The Labute approximate surface area is 123 Å². The van der Waals surface area contributed by atoms with E-state index in [1.165, 1.54) is 6.42 Å². The summed E-state index contributed by atoms with van der Waals surface area (Å²) in [5.41, 5.74) is 1.00. The predicted molar refractivity (Wildman–Crippen MR) is 78.9 cm³/mol. The summed E-state index contributed by atoms with van der Waals surface area (Å²) in [6.07, 6.45) is 3.56. The number of ether oxygens (including phenoxy) is 1. The van der Waals surface area contributed by atoms with Crippen LogP contribution in [-0.2, 0) is 9.53 Å². The Balaban J connectivity index is 2.28. The molecule has 2 rings (SSSR count). The van der Waals surface area contributed by atoms with Gasteiger partial charge in [-0.15, -0.1) is 0 Å². The maximum absolute atomic E-state index is 12.3. The number of esters is 1. The third-order valence-electron chi connectivity index (χ3n) is 3.47. The van der Waals surface area contributed by atoms with E-state index in [2.05, 4.69) is 20.8 Å². The standard InChI is InChI=1S/C15H20BrNO2/c1-2-19-15(18)14(17-10-6-3-7-11-17)12-8-4-5-9-13(12)16/h4-5,8-9,14H,2-3,6-7,10-11H2,1H3/t14-/m0/s1. The molecular weight excluding hydrogens is 306 g/mol. The van der Waals surface area contributed by atoms with Gasteiger partial charge in [0.1, 0.15) is 6.04 Å². The van der Waals surface area contributed by atoms with Crippen LogP contribution in [0, 0.1) is 0 Å². The average molecular weight is 326 g/mol. The highest BCUT2D eigenvalue weighted by Crippen LogP contribution is 2.31. The highest BCUT2D eigenvalue weighted by atomic mass is 79.9. The van der Waals surface area contributed by atoms with E-state index >= 15 is 0 Å². The minimum Gasteiger partial charge on any atom is -0.465 e. The second-order valence-electron chi connectivity index (χ2n) is 4.77. The first-order chi connectivity index (χ1) is 9.24. The molecule has 1 aliphatic rings. The first kappa shape index (κ1) is 14.5. The van der Waals surface area contributed by atoms with Gasteiger partial charge >= 0.3 is 5.97 Å². The van der Waals surface area contributed by atoms with Crippen LogP contribution in [0.1, 0.15) is 37.8 Å². The van der Waals surface area contributed by atoms with Crippen molar-refractivity contribution in [2.24, 2.45) is 0 Å². The third-order valence-corrected chi connectivity index (χ3v) is 4.19. The van der Waals surface area contributed by atoms with Crippen molar-refractivity contribution in [1.29, 1.82) is 0 Å². The van der Waals surface area contributed by atoms with Crippen LogP contribution >= 0.6 is 15.9 Å². The Morgan fingerprint density at radius 2 is 2.00 bits per heavy atom. The van der Waals surface area contributed by atoms with Crippen LogP contribution < -0.4 is 0 Å². The van der Waals surface area contributed by atoms with E-state index in [1.54, 1.807) is 0 Å². The molecule has 1 heterocycles. The van der Waals surface area contributed by atoms with Crippen LogP contribution in [0.4, 0.5) is 0 Å². The predicted octanol–water partition coefficient (Wildman–Crippen LogP) is 3.54. The summed E-state index contributed by atoms with van der Waals surface area (Å²) in [5.74, 6) is -0.142. The summed E-state index contributed by atoms with van der Waals surface area (Å²) in [4.78, 5) is 14.5. The molecule has 1 saturated heterocycles. The maximum atomic E-state index is 12.3. The Morgan fingerprint density at radius 3 is 2.63 bits per heavy atom. The van der Waals surface area contributed by atoms with E-state index in [4.69, 9.17) is 4.74 Å². The van der Waals surface area contributed by atoms with Gasteiger partial charge in [0.25, 0.3) is 0 Å². The molecule has 1 aromatic carbocycles. The fourth-order valence-electron chi connectivity index (χ4n) is 2.57. The summed E-state index contributed by atoms with van der Waals surface area (Å²) in [6.45, 7) is 4.20. The van der Waals surface area contributed by atoms with E-state index in [-0.39, 0.29) is 12.0 Å². The highest BCUT2D eigenvalue weighted by molar-refractivity contribution is 9.10. The molecule has 1 aromatic rings. The number of hydrogen-bond donors (Lipinski definition) is 0. The van der Waals surface area contributed by atoms with Crippen molar-refractivity contribution in [2.45, 2.75) is 32.2 Å². The SMILES string of the molecule is CCOC(=O)[C@H](c1ccccc1Br)N1CCCCC1. The minimum atomic E-state index is -0.282. The lowest BCUT2D eigenvalue weighted by Gasteiger charge is -2.33. The maximum Gasteiger partial charge on any atom is 0.328 e. The van der Waals surface area contributed by atoms with Crippen LogP contribution in [0.5, 0.6) is 0 Å². The molecule has 1 fully saturated rings. The molecule has 19 heavy (non-hydrogen) atoms. The summed E-state index contributed by atoms with van der Waals surface area (Å²) >= 11 is 3.55. The number of rotatable bonds is 4. The largest absolute Gasteiger partial charge is 0.465 e. The van der Waals surface area contributed by atoms with E-state index < -0.39 is 0 Å². The molecule has 0 aromatic heterocycles. The lowest BCUT2D eigenvalue weighted by molar-refractivity contribution is -0.150. The number of piperidine rings is 1. The number of nitrogens with zero attached hydrogens (tertiary/aromatic N) is 1.